The zero-order valence-corrected chi connectivity index (χ0v) is 18.0. The first-order valence-corrected chi connectivity index (χ1v) is 10.7. The number of aliphatic carboxylic acids is 1. The highest BCUT2D eigenvalue weighted by atomic mass is 32.1. The number of ether oxygens (including phenoxy) is 1. The lowest BCUT2D eigenvalue weighted by molar-refractivity contribution is -0.313. The Morgan fingerprint density at radius 2 is 1.83 bits per heavy atom. The van der Waals surface area contributed by atoms with Gasteiger partial charge in [0.2, 0.25) is 5.91 Å². The molecule has 6 nitrogen and oxygen atoms in total. The van der Waals surface area contributed by atoms with Crippen molar-refractivity contribution >= 4 is 34.2 Å². The maximum atomic E-state index is 12.9. The zero-order chi connectivity index (χ0) is 21.8. The molecular formula is C23H24NO5S-. The number of hydrogen-bond acceptors (Lipinski definition) is 6. The van der Waals surface area contributed by atoms with Gasteiger partial charge in [-0.25, -0.2) is 4.79 Å². The summed E-state index contributed by atoms with van der Waals surface area (Å²) in [5.74, 6) is -3.84. The number of carbonyl (C=O) groups excluding carboxylic acids is 3. The molecule has 1 aromatic carbocycles. The van der Waals surface area contributed by atoms with E-state index in [0.29, 0.717) is 17.0 Å². The van der Waals surface area contributed by atoms with E-state index >= 15 is 0 Å². The van der Waals surface area contributed by atoms with Crippen molar-refractivity contribution in [1.82, 2.24) is 0 Å². The lowest BCUT2D eigenvalue weighted by atomic mass is 9.82. The van der Waals surface area contributed by atoms with E-state index in [2.05, 4.69) is 5.32 Å². The van der Waals surface area contributed by atoms with E-state index < -0.39 is 29.7 Å². The maximum Gasteiger partial charge on any atom is 0.341 e. The van der Waals surface area contributed by atoms with Crippen LogP contribution in [0.1, 0.15) is 41.3 Å². The molecule has 0 radical (unpaired) electrons. The van der Waals surface area contributed by atoms with Crippen molar-refractivity contribution in [2.24, 2.45) is 11.8 Å². The summed E-state index contributed by atoms with van der Waals surface area (Å²) in [7, 11) is 0. The Morgan fingerprint density at radius 3 is 2.47 bits per heavy atom. The average Bonchev–Trinajstić information content (AvgIpc) is 3.13. The van der Waals surface area contributed by atoms with Crippen molar-refractivity contribution in [1.29, 1.82) is 0 Å². The fraction of sp³-hybridized carbons (Fsp3) is 0.348. The van der Waals surface area contributed by atoms with Crippen molar-refractivity contribution in [2.45, 2.75) is 33.6 Å². The number of rotatable bonds is 6. The van der Waals surface area contributed by atoms with Crippen LogP contribution in [0.3, 0.4) is 0 Å². The van der Waals surface area contributed by atoms with Crippen LogP contribution in [0, 0.1) is 25.7 Å². The Bertz CT molecular complexity index is 1010. The van der Waals surface area contributed by atoms with Gasteiger partial charge < -0.3 is 20.0 Å². The van der Waals surface area contributed by atoms with Crippen LogP contribution in [0.2, 0.25) is 0 Å². The molecule has 1 heterocycles. The van der Waals surface area contributed by atoms with Gasteiger partial charge in [-0.05, 0) is 50.3 Å². The van der Waals surface area contributed by atoms with Crippen molar-refractivity contribution in [3.63, 3.8) is 0 Å². The third-order valence-electron chi connectivity index (χ3n) is 5.40. The molecule has 7 heteroatoms. The van der Waals surface area contributed by atoms with Crippen molar-refractivity contribution in [3.8, 4) is 11.1 Å². The predicted molar refractivity (Wildman–Crippen MR) is 114 cm³/mol. The molecule has 0 unspecified atom stereocenters. The van der Waals surface area contributed by atoms with Gasteiger partial charge in [-0.3, -0.25) is 4.79 Å². The molecule has 2 aromatic rings. The largest absolute Gasteiger partial charge is 0.550 e. The van der Waals surface area contributed by atoms with Gasteiger partial charge in [0.05, 0.1) is 12.5 Å². The van der Waals surface area contributed by atoms with Crippen LogP contribution in [0.4, 0.5) is 5.00 Å². The smallest absolute Gasteiger partial charge is 0.341 e. The Labute approximate surface area is 179 Å². The second-order valence-corrected chi connectivity index (χ2v) is 8.22. The summed E-state index contributed by atoms with van der Waals surface area (Å²) >= 11 is 1.22. The third-order valence-corrected chi connectivity index (χ3v) is 6.29. The molecule has 1 aliphatic carbocycles. The van der Waals surface area contributed by atoms with E-state index in [1.165, 1.54) is 11.3 Å². The summed E-state index contributed by atoms with van der Waals surface area (Å²) in [4.78, 5) is 37.0. The number of hydrogen-bond donors (Lipinski definition) is 1. The quantitative estimate of drug-likeness (QED) is 0.564. The van der Waals surface area contributed by atoms with Crippen molar-refractivity contribution < 1.29 is 24.2 Å². The van der Waals surface area contributed by atoms with Crippen LogP contribution in [0.25, 0.3) is 11.1 Å². The Morgan fingerprint density at radius 1 is 1.13 bits per heavy atom. The highest BCUT2D eigenvalue weighted by Crippen LogP contribution is 2.38. The number of nitrogens with one attached hydrogen (secondary N) is 1. The fourth-order valence-corrected chi connectivity index (χ4v) is 4.51. The maximum absolute atomic E-state index is 12.9. The molecule has 0 saturated carbocycles. The molecule has 0 spiro atoms. The molecule has 3 rings (SSSR count). The minimum absolute atomic E-state index is 0.203. The summed E-state index contributed by atoms with van der Waals surface area (Å²) < 4.78 is 5.23. The van der Waals surface area contributed by atoms with E-state index in [9.17, 15) is 19.5 Å². The van der Waals surface area contributed by atoms with E-state index in [4.69, 9.17) is 4.74 Å². The monoisotopic (exact) mass is 426 g/mol. The highest BCUT2D eigenvalue weighted by molar-refractivity contribution is 7.15. The SMILES string of the molecule is CCOC(=O)c1c(-c2ccc(C)c(C)c2)csc1NC(=O)[C@H]1CC=CC[C@H]1C(=O)[O-]. The minimum atomic E-state index is -1.24. The number of amides is 1. The van der Waals surface area contributed by atoms with Crippen LogP contribution < -0.4 is 10.4 Å². The minimum Gasteiger partial charge on any atom is -0.550 e. The third kappa shape index (κ3) is 4.46. The molecule has 1 aromatic heterocycles. The van der Waals surface area contributed by atoms with Gasteiger partial charge >= 0.3 is 5.97 Å². The van der Waals surface area contributed by atoms with Gasteiger partial charge in [-0.1, -0.05) is 30.4 Å². The number of esters is 1. The topological polar surface area (TPSA) is 95.5 Å². The van der Waals surface area contributed by atoms with E-state index in [0.717, 1.165) is 16.7 Å². The number of carboxylic acids is 1. The first-order valence-electron chi connectivity index (χ1n) is 9.86. The second-order valence-electron chi connectivity index (χ2n) is 7.34. The average molecular weight is 427 g/mol. The molecule has 1 amide bonds. The van der Waals surface area contributed by atoms with Gasteiger partial charge in [0.15, 0.2) is 0 Å². The molecule has 0 aliphatic heterocycles. The molecule has 30 heavy (non-hydrogen) atoms. The van der Waals surface area contributed by atoms with Crippen LogP contribution in [-0.2, 0) is 14.3 Å². The molecule has 0 bridgehead atoms. The predicted octanol–water partition coefficient (Wildman–Crippen LogP) is 3.48. The number of thiophene rings is 1. The number of benzene rings is 1. The van der Waals surface area contributed by atoms with Crippen molar-refractivity contribution in [2.75, 3.05) is 11.9 Å². The normalized spacial score (nSPS) is 18.1. The zero-order valence-electron chi connectivity index (χ0n) is 17.2. The molecule has 0 fully saturated rings. The number of carbonyl (C=O) groups is 3. The first kappa shape index (κ1) is 21.8. The summed E-state index contributed by atoms with van der Waals surface area (Å²) in [6, 6.07) is 5.90. The number of carboxylic acid groups (broad SMARTS) is 1. The number of anilines is 1. The molecule has 2 atom stereocenters. The van der Waals surface area contributed by atoms with Crippen LogP contribution >= 0.6 is 11.3 Å². The standard InChI is InChI=1S/C23H25NO5S/c1-4-29-23(28)19-18(15-10-9-13(2)14(3)11-15)12-30-21(19)24-20(25)16-7-5-6-8-17(16)22(26)27/h5-6,9-12,16-17H,4,7-8H2,1-3H3,(H,24,25)(H,26,27)/p-1/t16-,17+/m0/s1. The summed E-state index contributed by atoms with van der Waals surface area (Å²) in [6.07, 6.45) is 4.11. The first-order chi connectivity index (χ1) is 14.3. The van der Waals surface area contributed by atoms with Gasteiger partial charge in [0.1, 0.15) is 10.6 Å². The van der Waals surface area contributed by atoms with Crippen LogP contribution in [0.5, 0.6) is 0 Å². The second kappa shape index (κ2) is 9.26. The summed E-state index contributed by atoms with van der Waals surface area (Å²) in [5, 5.41) is 16.4. The molecule has 0 saturated heterocycles. The number of allylic oxidation sites excluding steroid dienone is 2. The summed E-state index contributed by atoms with van der Waals surface area (Å²) in [6.45, 7) is 5.93. The van der Waals surface area contributed by atoms with Crippen molar-refractivity contribution in [3.05, 3.63) is 52.4 Å². The van der Waals surface area contributed by atoms with Gasteiger partial charge in [-0.2, -0.15) is 0 Å². The fourth-order valence-electron chi connectivity index (χ4n) is 3.55. The Kier molecular flexibility index (Phi) is 6.72. The van der Waals surface area contributed by atoms with E-state index in [-0.39, 0.29) is 18.6 Å². The van der Waals surface area contributed by atoms with Gasteiger partial charge in [-0.15, -0.1) is 11.3 Å². The van der Waals surface area contributed by atoms with Crippen LogP contribution in [-0.4, -0.2) is 24.5 Å². The molecule has 1 N–H and O–H groups in total. The van der Waals surface area contributed by atoms with E-state index in [1.54, 1.807) is 19.1 Å². The Balaban J connectivity index is 1.96. The molecule has 1 aliphatic rings. The van der Waals surface area contributed by atoms with Gasteiger partial charge in [0, 0.05) is 22.8 Å². The Hall–Kier alpha value is -2.93. The molecular weight excluding hydrogens is 402 g/mol. The lowest BCUT2D eigenvalue weighted by Gasteiger charge is -2.28. The highest BCUT2D eigenvalue weighted by Gasteiger charge is 2.31. The van der Waals surface area contributed by atoms with Crippen LogP contribution in [0.15, 0.2) is 35.7 Å². The van der Waals surface area contributed by atoms with Gasteiger partial charge in [0.25, 0.3) is 0 Å². The summed E-state index contributed by atoms with van der Waals surface area (Å²) in [5.41, 5.74) is 4.04. The van der Waals surface area contributed by atoms with E-state index in [1.807, 2.05) is 37.4 Å². The number of aryl methyl sites for hydroxylation is 2. The molecule has 158 valence electrons. The lowest BCUT2D eigenvalue weighted by Crippen LogP contribution is -2.41.